The summed E-state index contributed by atoms with van der Waals surface area (Å²) in [6, 6.07) is 7.26. The summed E-state index contributed by atoms with van der Waals surface area (Å²) >= 11 is 0. The van der Waals surface area contributed by atoms with E-state index >= 15 is 0 Å². The molecule has 0 radical (unpaired) electrons. The van der Waals surface area contributed by atoms with Crippen LogP contribution < -0.4 is 16.0 Å². The zero-order valence-corrected chi connectivity index (χ0v) is 13.5. The van der Waals surface area contributed by atoms with Crippen molar-refractivity contribution in [2.75, 3.05) is 18.4 Å². The summed E-state index contributed by atoms with van der Waals surface area (Å²) in [6.07, 6.45) is 0.969. The number of rotatable bonds is 7. The summed E-state index contributed by atoms with van der Waals surface area (Å²) in [4.78, 5) is 23.9. The fourth-order valence-electron chi connectivity index (χ4n) is 2.40. The van der Waals surface area contributed by atoms with Gasteiger partial charge in [-0.15, -0.1) is 0 Å². The quantitative estimate of drug-likeness (QED) is 0.721. The van der Waals surface area contributed by atoms with Crippen LogP contribution in [0.5, 0.6) is 0 Å². The maximum atomic E-state index is 12.0. The molecule has 2 unspecified atom stereocenters. The summed E-state index contributed by atoms with van der Waals surface area (Å²) in [5.74, 6) is 0.613. The number of hydrogen-bond acceptors (Lipinski definition) is 3. The highest BCUT2D eigenvalue weighted by atomic mass is 16.2. The molecular formula is C17H25N3O2. The van der Waals surface area contributed by atoms with E-state index in [1.54, 1.807) is 24.3 Å². The minimum atomic E-state index is -0.0987. The van der Waals surface area contributed by atoms with Gasteiger partial charge in [0.1, 0.15) is 0 Å². The molecule has 0 aliphatic heterocycles. The van der Waals surface area contributed by atoms with E-state index in [-0.39, 0.29) is 23.8 Å². The molecule has 5 nitrogen and oxygen atoms in total. The fraction of sp³-hybridized carbons (Fsp3) is 0.529. The number of amides is 2. The minimum Gasteiger partial charge on any atom is -0.350 e. The average molecular weight is 303 g/mol. The largest absolute Gasteiger partial charge is 0.350 e. The molecule has 1 saturated carbocycles. The van der Waals surface area contributed by atoms with Crippen molar-refractivity contribution in [1.82, 2.24) is 10.6 Å². The van der Waals surface area contributed by atoms with Gasteiger partial charge in [-0.25, -0.2) is 0 Å². The first-order valence-electron chi connectivity index (χ1n) is 7.93. The van der Waals surface area contributed by atoms with Gasteiger partial charge in [0.15, 0.2) is 0 Å². The van der Waals surface area contributed by atoms with Gasteiger partial charge in [-0.05, 0) is 50.1 Å². The van der Waals surface area contributed by atoms with Gasteiger partial charge in [0, 0.05) is 29.8 Å². The molecule has 3 atom stereocenters. The van der Waals surface area contributed by atoms with Gasteiger partial charge in [-0.3, -0.25) is 9.59 Å². The molecule has 22 heavy (non-hydrogen) atoms. The summed E-state index contributed by atoms with van der Waals surface area (Å²) in [6.45, 7) is 7.61. The van der Waals surface area contributed by atoms with Crippen molar-refractivity contribution in [2.45, 2.75) is 33.2 Å². The highest BCUT2D eigenvalue weighted by molar-refractivity contribution is 5.96. The second-order valence-corrected chi connectivity index (χ2v) is 6.05. The van der Waals surface area contributed by atoms with Crippen LogP contribution in [0.1, 0.15) is 37.6 Å². The molecule has 0 saturated heterocycles. The van der Waals surface area contributed by atoms with Crippen molar-refractivity contribution in [3.8, 4) is 0 Å². The van der Waals surface area contributed by atoms with E-state index in [4.69, 9.17) is 0 Å². The SMILES string of the molecule is CCN[C@H](C)CNC(=O)c1ccc(NC(=O)C2CC2C)cc1. The second-order valence-electron chi connectivity index (χ2n) is 6.05. The Morgan fingerprint density at radius 3 is 2.45 bits per heavy atom. The molecule has 0 aromatic heterocycles. The third-order valence-corrected chi connectivity index (χ3v) is 3.98. The molecule has 0 heterocycles. The molecule has 3 N–H and O–H groups in total. The molecular weight excluding hydrogens is 278 g/mol. The molecule has 0 spiro atoms. The van der Waals surface area contributed by atoms with Gasteiger partial charge in [0.2, 0.25) is 5.91 Å². The Hall–Kier alpha value is -1.88. The van der Waals surface area contributed by atoms with Crippen LogP contribution in [0.25, 0.3) is 0 Å². The Kier molecular flexibility index (Phi) is 5.55. The smallest absolute Gasteiger partial charge is 0.251 e. The Morgan fingerprint density at radius 2 is 1.91 bits per heavy atom. The van der Waals surface area contributed by atoms with Crippen LogP contribution in [0.2, 0.25) is 0 Å². The van der Waals surface area contributed by atoms with E-state index in [2.05, 4.69) is 22.9 Å². The predicted molar refractivity (Wildman–Crippen MR) is 87.8 cm³/mol. The maximum absolute atomic E-state index is 12.0. The van der Waals surface area contributed by atoms with Crippen molar-refractivity contribution >= 4 is 17.5 Å². The van der Waals surface area contributed by atoms with E-state index in [0.717, 1.165) is 18.7 Å². The number of hydrogen-bond donors (Lipinski definition) is 3. The van der Waals surface area contributed by atoms with E-state index in [1.165, 1.54) is 0 Å². The van der Waals surface area contributed by atoms with Crippen LogP contribution in [-0.2, 0) is 4.79 Å². The van der Waals surface area contributed by atoms with E-state index < -0.39 is 0 Å². The molecule has 1 aliphatic rings. The van der Waals surface area contributed by atoms with Crippen molar-refractivity contribution in [2.24, 2.45) is 11.8 Å². The van der Waals surface area contributed by atoms with Crippen LogP contribution in [0.4, 0.5) is 5.69 Å². The first kappa shape index (κ1) is 16.5. The Labute approximate surface area is 131 Å². The van der Waals surface area contributed by atoms with Gasteiger partial charge in [0.05, 0.1) is 0 Å². The van der Waals surface area contributed by atoms with Crippen LogP contribution in [0, 0.1) is 11.8 Å². The lowest BCUT2D eigenvalue weighted by Gasteiger charge is -2.13. The number of anilines is 1. The van der Waals surface area contributed by atoms with Gasteiger partial charge in [-0.1, -0.05) is 13.8 Å². The van der Waals surface area contributed by atoms with Gasteiger partial charge in [0.25, 0.3) is 5.91 Å². The summed E-state index contributed by atoms with van der Waals surface area (Å²) < 4.78 is 0. The molecule has 2 amide bonds. The number of nitrogens with one attached hydrogen (secondary N) is 3. The second kappa shape index (κ2) is 7.40. The van der Waals surface area contributed by atoms with Crippen molar-refractivity contribution in [3.05, 3.63) is 29.8 Å². The number of benzene rings is 1. The van der Waals surface area contributed by atoms with E-state index in [9.17, 15) is 9.59 Å². The molecule has 1 aromatic rings. The molecule has 120 valence electrons. The first-order chi connectivity index (χ1) is 10.5. The maximum Gasteiger partial charge on any atom is 0.251 e. The van der Waals surface area contributed by atoms with Gasteiger partial charge in [-0.2, -0.15) is 0 Å². The topological polar surface area (TPSA) is 70.2 Å². The van der Waals surface area contributed by atoms with Gasteiger partial charge >= 0.3 is 0 Å². The highest BCUT2D eigenvalue weighted by Crippen LogP contribution is 2.38. The number of carbonyl (C=O) groups excluding carboxylic acids is 2. The average Bonchev–Trinajstić information content (AvgIpc) is 3.23. The zero-order valence-electron chi connectivity index (χ0n) is 13.5. The fourth-order valence-corrected chi connectivity index (χ4v) is 2.40. The minimum absolute atomic E-state index is 0.0733. The Balaban J connectivity index is 1.83. The third-order valence-electron chi connectivity index (χ3n) is 3.98. The standard InChI is InChI=1S/C17H25N3O2/c1-4-18-12(3)10-19-16(21)13-5-7-14(8-6-13)20-17(22)15-9-11(15)2/h5-8,11-12,15,18H,4,9-10H2,1-3H3,(H,19,21)(H,20,22)/t11?,12-,15?/m1/s1. The molecule has 1 aromatic carbocycles. The highest BCUT2D eigenvalue weighted by Gasteiger charge is 2.39. The summed E-state index contributed by atoms with van der Waals surface area (Å²) in [7, 11) is 0. The van der Waals surface area contributed by atoms with Crippen LogP contribution in [0.15, 0.2) is 24.3 Å². The Bertz CT molecular complexity index is 527. The first-order valence-corrected chi connectivity index (χ1v) is 7.93. The molecule has 1 fully saturated rings. The molecule has 2 rings (SSSR count). The van der Waals surface area contributed by atoms with Crippen LogP contribution in [0.3, 0.4) is 0 Å². The summed E-state index contributed by atoms with van der Waals surface area (Å²) in [5.41, 5.74) is 1.34. The predicted octanol–water partition coefficient (Wildman–Crippen LogP) is 2.01. The summed E-state index contributed by atoms with van der Waals surface area (Å²) in [5, 5.41) is 9.02. The van der Waals surface area contributed by atoms with Gasteiger partial charge < -0.3 is 16.0 Å². The lowest BCUT2D eigenvalue weighted by molar-refractivity contribution is -0.117. The van der Waals surface area contributed by atoms with E-state index in [0.29, 0.717) is 18.0 Å². The molecule has 1 aliphatic carbocycles. The van der Waals surface area contributed by atoms with E-state index in [1.807, 2.05) is 13.8 Å². The third kappa shape index (κ3) is 4.56. The monoisotopic (exact) mass is 303 g/mol. The normalized spacial score (nSPS) is 21.0. The van der Waals surface area contributed by atoms with Crippen LogP contribution in [-0.4, -0.2) is 30.9 Å². The number of likely N-dealkylation sites (N-methyl/N-ethyl adjacent to an activating group) is 1. The van der Waals surface area contributed by atoms with Crippen molar-refractivity contribution < 1.29 is 9.59 Å². The van der Waals surface area contributed by atoms with Crippen molar-refractivity contribution in [3.63, 3.8) is 0 Å². The lowest BCUT2D eigenvalue weighted by atomic mass is 10.2. The molecule has 0 bridgehead atoms. The number of carbonyl (C=O) groups is 2. The van der Waals surface area contributed by atoms with Crippen molar-refractivity contribution in [1.29, 1.82) is 0 Å². The Morgan fingerprint density at radius 1 is 1.27 bits per heavy atom. The molecule has 5 heteroatoms. The zero-order chi connectivity index (χ0) is 16.1. The van der Waals surface area contributed by atoms with Crippen LogP contribution >= 0.6 is 0 Å². The lowest BCUT2D eigenvalue weighted by Crippen LogP contribution is -2.38.